The lowest BCUT2D eigenvalue weighted by Gasteiger charge is -2.33. The van der Waals surface area contributed by atoms with Crippen LogP contribution >= 0.6 is 11.6 Å². The molecule has 0 aliphatic carbocycles. The van der Waals surface area contributed by atoms with Gasteiger partial charge in [-0.05, 0) is 46.9 Å². The summed E-state index contributed by atoms with van der Waals surface area (Å²) in [4.78, 5) is 0.166. The van der Waals surface area contributed by atoms with E-state index in [4.69, 9.17) is 11.6 Å². The van der Waals surface area contributed by atoms with E-state index >= 15 is 0 Å². The minimum atomic E-state index is -3.83. The molecule has 0 unspecified atom stereocenters. The summed E-state index contributed by atoms with van der Waals surface area (Å²) in [5.41, 5.74) is 3.03. The molecule has 4 nitrogen and oxygen atoms in total. The van der Waals surface area contributed by atoms with Crippen molar-refractivity contribution in [1.82, 2.24) is 4.31 Å². The zero-order chi connectivity index (χ0) is 22.4. The number of hydrogen-bond acceptors (Lipinski definition) is 3. The minimum Gasteiger partial charge on any atom is -0.395 e. The predicted octanol–water partition coefficient (Wildman–Crippen LogP) is 5.60. The molecule has 0 aliphatic heterocycles. The van der Waals surface area contributed by atoms with E-state index in [2.05, 4.69) is 0 Å². The SMILES string of the molecule is CC[C@H](C)[C@@H](CO)N(Cc1ccc(-c2ccccc2)cc1)S(=O)(=O)c1ccc(Cl)cc1. The fourth-order valence-corrected chi connectivity index (χ4v) is 5.39. The predicted molar refractivity (Wildman–Crippen MR) is 126 cm³/mol. The standard InChI is InChI=1S/C25H28ClNO3S/c1-3-19(2)25(18-28)27(31(29,30)24-15-13-23(26)14-16-24)17-20-9-11-22(12-10-20)21-7-5-4-6-8-21/h4-16,19,25,28H,3,17-18H2,1-2H3/t19-,25+/m0/s1. The van der Waals surface area contributed by atoms with Crippen LogP contribution in [0.25, 0.3) is 11.1 Å². The first-order valence-electron chi connectivity index (χ1n) is 10.4. The fraction of sp³-hybridized carbons (Fsp3) is 0.280. The molecule has 0 spiro atoms. The van der Waals surface area contributed by atoms with Gasteiger partial charge in [-0.1, -0.05) is 86.5 Å². The van der Waals surface area contributed by atoms with E-state index in [0.29, 0.717) is 5.02 Å². The van der Waals surface area contributed by atoms with Crippen LogP contribution < -0.4 is 0 Å². The van der Waals surface area contributed by atoms with Gasteiger partial charge in [0.1, 0.15) is 0 Å². The molecular weight excluding hydrogens is 430 g/mol. The largest absolute Gasteiger partial charge is 0.395 e. The Morgan fingerprint density at radius 1 is 0.903 bits per heavy atom. The van der Waals surface area contributed by atoms with Crippen molar-refractivity contribution in [1.29, 1.82) is 0 Å². The number of rotatable bonds is 9. The summed E-state index contributed by atoms with van der Waals surface area (Å²) in [7, 11) is -3.83. The number of sulfonamides is 1. The summed E-state index contributed by atoms with van der Waals surface area (Å²) < 4.78 is 28.5. The van der Waals surface area contributed by atoms with Crippen LogP contribution in [0.15, 0.2) is 83.8 Å². The van der Waals surface area contributed by atoms with Crippen molar-refractivity contribution in [3.63, 3.8) is 0 Å². The molecule has 3 aromatic carbocycles. The van der Waals surface area contributed by atoms with Crippen molar-refractivity contribution in [2.24, 2.45) is 5.92 Å². The van der Waals surface area contributed by atoms with Crippen molar-refractivity contribution in [3.8, 4) is 11.1 Å². The molecule has 0 bridgehead atoms. The lowest BCUT2D eigenvalue weighted by molar-refractivity contribution is 0.139. The molecular formula is C25H28ClNO3S. The lowest BCUT2D eigenvalue weighted by Crippen LogP contribution is -2.45. The summed E-state index contributed by atoms with van der Waals surface area (Å²) >= 11 is 5.95. The average Bonchev–Trinajstić information content (AvgIpc) is 2.80. The molecule has 31 heavy (non-hydrogen) atoms. The summed E-state index contributed by atoms with van der Waals surface area (Å²) in [5.74, 6) is -0.00401. The second-order valence-corrected chi connectivity index (χ2v) is 10.0. The molecule has 0 fully saturated rings. The maximum atomic E-state index is 13.5. The summed E-state index contributed by atoms with van der Waals surface area (Å²) in [6.07, 6.45) is 0.755. The van der Waals surface area contributed by atoms with E-state index in [1.54, 1.807) is 12.1 Å². The van der Waals surface area contributed by atoms with Gasteiger partial charge in [-0.15, -0.1) is 0 Å². The van der Waals surface area contributed by atoms with Crippen molar-refractivity contribution >= 4 is 21.6 Å². The number of aliphatic hydroxyl groups excluding tert-OH is 1. The highest BCUT2D eigenvalue weighted by molar-refractivity contribution is 7.89. The molecule has 1 N–H and O–H groups in total. The Balaban J connectivity index is 1.96. The lowest BCUT2D eigenvalue weighted by atomic mass is 9.99. The monoisotopic (exact) mass is 457 g/mol. The Morgan fingerprint density at radius 3 is 2.03 bits per heavy atom. The average molecular weight is 458 g/mol. The Kier molecular flexibility index (Phi) is 7.89. The van der Waals surface area contributed by atoms with Crippen LogP contribution in [0, 0.1) is 5.92 Å². The third-order valence-corrected chi connectivity index (χ3v) is 7.81. The molecule has 0 amide bonds. The molecule has 0 saturated heterocycles. The van der Waals surface area contributed by atoms with Crippen LogP contribution in [0.3, 0.4) is 0 Å². The van der Waals surface area contributed by atoms with E-state index in [1.165, 1.54) is 16.4 Å². The molecule has 3 rings (SSSR count). The van der Waals surface area contributed by atoms with Gasteiger partial charge in [-0.25, -0.2) is 8.42 Å². The van der Waals surface area contributed by atoms with Crippen LogP contribution in [0.4, 0.5) is 0 Å². The normalized spacial score (nSPS) is 13.8. The first kappa shape index (κ1) is 23.5. The van der Waals surface area contributed by atoms with E-state index in [0.717, 1.165) is 23.1 Å². The molecule has 0 aromatic heterocycles. The number of halogens is 1. The van der Waals surface area contributed by atoms with Gasteiger partial charge in [-0.2, -0.15) is 4.31 Å². The minimum absolute atomic E-state index is 0.00401. The number of nitrogens with zero attached hydrogens (tertiary/aromatic N) is 1. The Hall–Kier alpha value is -2.18. The smallest absolute Gasteiger partial charge is 0.243 e. The van der Waals surface area contributed by atoms with E-state index in [-0.39, 0.29) is 24.0 Å². The summed E-state index contributed by atoms with van der Waals surface area (Å²) in [6, 6.07) is 23.5. The van der Waals surface area contributed by atoms with Crippen molar-refractivity contribution in [2.75, 3.05) is 6.61 Å². The van der Waals surface area contributed by atoms with Gasteiger partial charge in [-0.3, -0.25) is 0 Å². The highest BCUT2D eigenvalue weighted by Gasteiger charge is 2.34. The molecule has 0 saturated carbocycles. The zero-order valence-corrected chi connectivity index (χ0v) is 19.4. The van der Waals surface area contributed by atoms with Crippen LogP contribution in [0.5, 0.6) is 0 Å². The van der Waals surface area contributed by atoms with Gasteiger partial charge >= 0.3 is 0 Å². The van der Waals surface area contributed by atoms with Gasteiger partial charge in [0.2, 0.25) is 10.0 Å². The quantitative estimate of drug-likeness (QED) is 0.454. The first-order valence-corrected chi connectivity index (χ1v) is 12.2. The summed E-state index contributed by atoms with van der Waals surface area (Å²) in [6.45, 7) is 3.89. The fourth-order valence-electron chi connectivity index (χ4n) is 3.56. The third-order valence-electron chi connectivity index (χ3n) is 5.68. The summed E-state index contributed by atoms with van der Waals surface area (Å²) in [5, 5.41) is 10.6. The molecule has 0 radical (unpaired) electrons. The first-order chi connectivity index (χ1) is 14.9. The molecule has 0 aliphatic rings. The van der Waals surface area contributed by atoms with Gasteiger partial charge in [0.05, 0.1) is 17.5 Å². The van der Waals surface area contributed by atoms with Gasteiger partial charge in [0, 0.05) is 11.6 Å². The zero-order valence-electron chi connectivity index (χ0n) is 17.8. The molecule has 164 valence electrons. The van der Waals surface area contributed by atoms with Crippen molar-refractivity contribution in [2.45, 2.75) is 37.8 Å². The Labute approximate surface area is 190 Å². The molecule has 6 heteroatoms. The Morgan fingerprint density at radius 2 is 1.48 bits per heavy atom. The van der Waals surface area contributed by atoms with Crippen LogP contribution in [-0.2, 0) is 16.6 Å². The van der Waals surface area contributed by atoms with Crippen LogP contribution in [-0.4, -0.2) is 30.5 Å². The highest BCUT2D eigenvalue weighted by atomic mass is 35.5. The topological polar surface area (TPSA) is 57.6 Å². The number of aliphatic hydroxyl groups is 1. The number of hydrogen-bond donors (Lipinski definition) is 1. The second-order valence-electron chi connectivity index (χ2n) is 7.70. The molecule has 3 aromatic rings. The maximum absolute atomic E-state index is 13.5. The van der Waals surface area contributed by atoms with Crippen LogP contribution in [0.2, 0.25) is 5.02 Å². The Bertz CT molecular complexity index is 1070. The van der Waals surface area contributed by atoms with E-state index in [1.807, 2.05) is 68.4 Å². The van der Waals surface area contributed by atoms with E-state index < -0.39 is 16.1 Å². The van der Waals surface area contributed by atoms with Gasteiger partial charge < -0.3 is 5.11 Å². The second kappa shape index (κ2) is 10.4. The van der Waals surface area contributed by atoms with Crippen molar-refractivity contribution < 1.29 is 13.5 Å². The maximum Gasteiger partial charge on any atom is 0.243 e. The van der Waals surface area contributed by atoms with Crippen molar-refractivity contribution in [3.05, 3.63) is 89.4 Å². The van der Waals surface area contributed by atoms with E-state index in [9.17, 15) is 13.5 Å². The molecule has 2 atom stereocenters. The van der Waals surface area contributed by atoms with Gasteiger partial charge in [0.15, 0.2) is 0 Å². The number of benzene rings is 3. The van der Waals surface area contributed by atoms with Gasteiger partial charge in [0.25, 0.3) is 0 Å². The molecule has 0 heterocycles. The third kappa shape index (κ3) is 5.55. The highest BCUT2D eigenvalue weighted by Crippen LogP contribution is 2.27. The van der Waals surface area contributed by atoms with Crippen LogP contribution in [0.1, 0.15) is 25.8 Å².